The highest BCUT2D eigenvalue weighted by molar-refractivity contribution is 5.34. The minimum absolute atomic E-state index is 0.274. The third-order valence-electron chi connectivity index (χ3n) is 3.20. The Balaban J connectivity index is 1.85. The van der Waals surface area contributed by atoms with E-state index in [0.717, 1.165) is 32.4 Å². The van der Waals surface area contributed by atoms with E-state index in [1.807, 2.05) is 6.92 Å². The molecule has 2 heterocycles. The second kappa shape index (κ2) is 8.58. The maximum atomic E-state index is 5.69. The highest BCUT2D eigenvalue weighted by Crippen LogP contribution is 2.16. The van der Waals surface area contributed by atoms with E-state index in [0.29, 0.717) is 18.7 Å². The lowest BCUT2D eigenvalue weighted by atomic mass is 10.1. The van der Waals surface area contributed by atoms with Crippen molar-refractivity contribution in [3.8, 4) is 6.01 Å². The number of anilines is 2. The van der Waals surface area contributed by atoms with E-state index in [2.05, 4.69) is 25.7 Å². The molecule has 118 valence electrons. The van der Waals surface area contributed by atoms with Crippen LogP contribution in [0.3, 0.4) is 0 Å². The molecule has 1 aliphatic heterocycles. The molecular formula is C13H24N6O2. The van der Waals surface area contributed by atoms with Gasteiger partial charge in [0.1, 0.15) is 0 Å². The smallest absolute Gasteiger partial charge is 0.323 e. The summed E-state index contributed by atoms with van der Waals surface area (Å²) in [6.07, 6.45) is 5.68. The van der Waals surface area contributed by atoms with E-state index < -0.39 is 0 Å². The van der Waals surface area contributed by atoms with E-state index in [4.69, 9.17) is 15.3 Å². The van der Waals surface area contributed by atoms with Crippen molar-refractivity contribution in [1.82, 2.24) is 15.0 Å². The summed E-state index contributed by atoms with van der Waals surface area (Å²) in [7, 11) is 0. The average Bonchev–Trinajstić information content (AvgIpc) is 2.53. The molecular weight excluding hydrogens is 272 g/mol. The number of nitrogens with one attached hydrogen (secondary N) is 2. The minimum Gasteiger partial charge on any atom is -0.463 e. The lowest BCUT2D eigenvalue weighted by molar-refractivity contribution is 0.0134. The summed E-state index contributed by atoms with van der Waals surface area (Å²) in [5.74, 6) is 6.10. The van der Waals surface area contributed by atoms with Crippen LogP contribution in [0.2, 0.25) is 0 Å². The van der Waals surface area contributed by atoms with Gasteiger partial charge in [-0.05, 0) is 32.1 Å². The van der Waals surface area contributed by atoms with Crippen LogP contribution in [0.15, 0.2) is 0 Å². The van der Waals surface area contributed by atoms with Crippen LogP contribution in [-0.2, 0) is 4.74 Å². The molecule has 1 atom stereocenters. The standard InChI is InChI=1S/C13H24N6O2/c1-2-8-21-13-17-11(16-12(18-13)19-14)15-7-6-10-5-3-4-9-20-10/h10H,2-9,14H2,1H3,(H2,15,16,17,18,19). The van der Waals surface area contributed by atoms with Crippen molar-refractivity contribution < 1.29 is 9.47 Å². The summed E-state index contributed by atoms with van der Waals surface area (Å²) < 4.78 is 11.1. The zero-order valence-corrected chi connectivity index (χ0v) is 12.5. The molecule has 1 unspecified atom stereocenters. The molecule has 4 N–H and O–H groups in total. The van der Waals surface area contributed by atoms with E-state index in [1.54, 1.807) is 0 Å². The maximum Gasteiger partial charge on any atom is 0.323 e. The van der Waals surface area contributed by atoms with Crippen molar-refractivity contribution in [2.75, 3.05) is 30.5 Å². The third kappa shape index (κ3) is 5.31. The Bertz CT molecular complexity index is 425. The lowest BCUT2D eigenvalue weighted by Gasteiger charge is -2.22. The van der Waals surface area contributed by atoms with Crippen molar-refractivity contribution in [2.24, 2.45) is 5.84 Å². The van der Waals surface area contributed by atoms with Gasteiger partial charge in [-0.15, -0.1) is 0 Å². The van der Waals surface area contributed by atoms with Crippen molar-refractivity contribution in [3.63, 3.8) is 0 Å². The molecule has 2 rings (SSSR count). The van der Waals surface area contributed by atoms with Gasteiger partial charge in [0.2, 0.25) is 11.9 Å². The molecule has 1 saturated heterocycles. The lowest BCUT2D eigenvalue weighted by Crippen LogP contribution is -2.22. The monoisotopic (exact) mass is 296 g/mol. The fourth-order valence-electron chi connectivity index (χ4n) is 2.14. The highest BCUT2D eigenvalue weighted by Gasteiger charge is 2.13. The van der Waals surface area contributed by atoms with Crippen LogP contribution < -0.4 is 21.3 Å². The molecule has 1 fully saturated rings. The van der Waals surface area contributed by atoms with Gasteiger partial charge in [-0.1, -0.05) is 6.92 Å². The third-order valence-corrected chi connectivity index (χ3v) is 3.20. The van der Waals surface area contributed by atoms with Crippen molar-refractivity contribution in [3.05, 3.63) is 0 Å². The van der Waals surface area contributed by atoms with Crippen LogP contribution in [0.25, 0.3) is 0 Å². The molecule has 0 aliphatic carbocycles. The first-order chi connectivity index (χ1) is 10.3. The quantitative estimate of drug-likeness (QED) is 0.487. The molecule has 1 aromatic rings. The summed E-state index contributed by atoms with van der Waals surface area (Å²) >= 11 is 0. The molecule has 1 aromatic heterocycles. The van der Waals surface area contributed by atoms with Gasteiger partial charge < -0.3 is 14.8 Å². The predicted octanol–water partition coefficient (Wildman–Crippen LogP) is 1.32. The Hall–Kier alpha value is -1.67. The SMILES string of the molecule is CCCOc1nc(NN)nc(NCCC2CCCCO2)n1. The number of rotatable bonds is 8. The van der Waals surface area contributed by atoms with E-state index >= 15 is 0 Å². The molecule has 0 amide bonds. The molecule has 0 spiro atoms. The topological polar surface area (TPSA) is 107 Å². The Morgan fingerprint density at radius 1 is 1.29 bits per heavy atom. The fraction of sp³-hybridized carbons (Fsp3) is 0.769. The maximum absolute atomic E-state index is 5.69. The zero-order chi connectivity index (χ0) is 14.9. The first-order valence-electron chi connectivity index (χ1n) is 7.52. The van der Waals surface area contributed by atoms with E-state index in [-0.39, 0.29) is 12.0 Å². The van der Waals surface area contributed by atoms with Crippen LogP contribution in [0, 0.1) is 0 Å². The first kappa shape index (κ1) is 15.7. The summed E-state index contributed by atoms with van der Waals surface area (Å²) in [5.41, 5.74) is 2.42. The van der Waals surface area contributed by atoms with Crippen molar-refractivity contribution >= 4 is 11.9 Å². The molecule has 21 heavy (non-hydrogen) atoms. The minimum atomic E-state index is 0.274. The highest BCUT2D eigenvalue weighted by atomic mass is 16.5. The zero-order valence-electron chi connectivity index (χ0n) is 12.5. The Morgan fingerprint density at radius 2 is 2.14 bits per heavy atom. The van der Waals surface area contributed by atoms with Crippen LogP contribution in [0.1, 0.15) is 39.0 Å². The van der Waals surface area contributed by atoms with Gasteiger partial charge in [0.05, 0.1) is 12.7 Å². The predicted molar refractivity (Wildman–Crippen MR) is 80.1 cm³/mol. The van der Waals surface area contributed by atoms with E-state index in [9.17, 15) is 0 Å². The second-order valence-electron chi connectivity index (χ2n) is 4.96. The molecule has 8 nitrogen and oxygen atoms in total. The fourth-order valence-corrected chi connectivity index (χ4v) is 2.14. The van der Waals surface area contributed by atoms with Gasteiger partial charge in [-0.2, -0.15) is 15.0 Å². The number of aromatic nitrogens is 3. The summed E-state index contributed by atoms with van der Waals surface area (Å²) in [4.78, 5) is 12.4. The Morgan fingerprint density at radius 3 is 2.86 bits per heavy atom. The number of nitrogens with two attached hydrogens (primary N) is 1. The normalized spacial score (nSPS) is 18.3. The molecule has 8 heteroatoms. The number of nitrogens with zero attached hydrogens (tertiary/aromatic N) is 3. The average molecular weight is 296 g/mol. The number of nitrogen functional groups attached to an aromatic ring is 1. The van der Waals surface area contributed by atoms with Gasteiger partial charge in [-0.3, -0.25) is 5.43 Å². The largest absolute Gasteiger partial charge is 0.463 e. The number of hydrogen-bond donors (Lipinski definition) is 3. The molecule has 0 saturated carbocycles. The van der Waals surface area contributed by atoms with Gasteiger partial charge in [-0.25, -0.2) is 5.84 Å². The van der Waals surface area contributed by atoms with Gasteiger partial charge in [0.25, 0.3) is 0 Å². The van der Waals surface area contributed by atoms with Crippen LogP contribution in [0.5, 0.6) is 6.01 Å². The molecule has 0 bridgehead atoms. The van der Waals surface area contributed by atoms with Crippen LogP contribution in [0.4, 0.5) is 11.9 Å². The van der Waals surface area contributed by atoms with E-state index in [1.165, 1.54) is 12.8 Å². The van der Waals surface area contributed by atoms with Crippen LogP contribution >= 0.6 is 0 Å². The molecule has 0 aromatic carbocycles. The second-order valence-corrected chi connectivity index (χ2v) is 4.96. The number of hydrogen-bond acceptors (Lipinski definition) is 8. The first-order valence-corrected chi connectivity index (χ1v) is 7.52. The van der Waals surface area contributed by atoms with Crippen molar-refractivity contribution in [1.29, 1.82) is 0 Å². The summed E-state index contributed by atoms with van der Waals surface area (Å²) in [6, 6.07) is 0.274. The van der Waals surface area contributed by atoms with Crippen LogP contribution in [-0.4, -0.2) is 40.8 Å². The number of ether oxygens (including phenoxy) is 2. The van der Waals surface area contributed by atoms with Gasteiger partial charge in [0, 0.05) is 13.2 Å². The van der Waals surface area contributed by atoms with Gasteiger partial charge >= 0.3 is 6.01 Å². The molecule has 1 aliphatic rings. The number of hydrazine groups is 1. The summed E-state index contributed by atoms with van der Waals surface area (Å²) in [5, 5.41) is 3.17. The van der Waals surface area contributed by atoms with Gasteiger partial charge in [0.15, 0.2) is 0 Å². The Labute approximate surface area is 124 Å². The van der Waals surface area contributed by atoms with Crippen molar-refractivity contribution in [2.45, 2.75) is 45.1 Å². The molecule has 0 radical (unpaired) electrons. The Kier molecular flexibility index (Phi) is 6.42. The summed E-state index contributed by atoms with van der Waals surface area (Å²) in [6.45, 7) is 4.19.